The second-order valence-corrected chi connectivity index (χ2v) is 8.31. The van der Waals surface area contributed by atoms with Crippen molar-refractivity contribution in [2.45, 2.75) is 72.6 Å². The van der Waals surface area contributed by atoms with Crippen molar-refractivity contribution in [2.75, 3.05) is 11.4 Å². The Bertz CT molecular complexity index is 1000. The fraction of sp³-hybridized carbons (Fsp3) is 0.520. The SMILES string of the molecule is CCCc1nc(C)nc(CC)c1N(CCC)c1nc2c(n1C)C(C=O)C=C/C=C(/C)C2. The van der Waals surface area contributed by atoms with E-state index in [-0.39, 0.29) is 5.92 Å². The zero-order chi connectivity index (χ0) is 22.5. The molecule has 2 heterocycles. The molecule has 2 aromatic rings. The minimum absolute atomic E-state index is 0.302. The molecule has 0 bridgehead atoms. The average molecular weight is 422 g/mol. The fourth-order valence-corrected chi connectivity index (χ4v) is 4.40. The topological polar surface area (TPSA) is 63.9 Å². The minimum Gasteiger partial charge on any atom is -0.316 e. The summed E-state index contributed by atoms with van der Waals surface area (Å²) < 4.78 is 2.10. The summed E-state index contributed by atoms with van der Waals surface area (Å²) in [5.74, 6) is 1.38. The van der Waals surface area contributed by atoms with Crippen molar-refractivity contribution in [1.82, 2.24) is 19.5 Å². The van der Waals surface area contributed by atoms with Crippen molar-refractivity contribution in [3.63, 3.8) is 0 Å². The number of carbonyl (C=O) groups is 1. The lowest BCUT2D eigenvalue weighted by Crippen LogP contribution is -2.26. The van der Waals surface area contributed by atoms with Crippen LogP contribution >= 0.6 is 0 Å². The highest BCUT2D eigenvalue weighted by molar-refractivity contribution is 5.69. The predicted molar refractivity (Wildman–Crippen MR) is 126 cm³/mol. The summed E-state index contributed by atoms with van der Waals surface area (Å²) in [4.78, 5) is 28.9. The van der Waals surface area contributed by atoms with Gasteiger partial charge in [0.2, 0.25) is 5.95 Å². The molecule has 31 heavy (non-hydrogen) atoms. The number of hydrogen-bond donors (Lipinski definition) is 0. The Kier molecular flexibility index (Phi) is 7.42. The lowest BCUT2D eigenvalue weighted by Gasteiger charge is -2.28. The van der Waals surface area contributed by atoms with Crippen molar-refractivity contribution in [3.05, 3.63) is 52.4 Å². The van der Waals surface area contributed by atoms with Gasteiger partial charge in [-0.15, -0.1) is 0 Å². The van der Waals surface area contributed by atoms with E-state index in [1.165, 1.54) is 5.57 Å². The van der Waals surface area contributed by atoms with Crippen LogP contribution < -0.4 is 4.90 Å². The van der Waals surface area contributed by atoms with Crippen LogP contribution in [-0.4, -0.2) is 32.3 Å². The number of rotatable bonds is 8. The Morgan fingerprint density at radius 1 is 1.13 bits per heavy atom. The molecule has 0 aliphatic heterocycles. The summed E-state index contributed by atoms with van der Waals surface area (Å²) in [6.07, 6.45) is 11.5. The number of fused-ring (bicyclic) bond motifs is 1. The van der Waals surface area contributed by atoms with E-state index in [9.17, 15) is 4.79 Å². The Morgan fingerprint density at radius 3 is 2.52 bits per heavy atom. The molecule has 1 atom stereocenters. The summed E-state index contributed by atoms with van der Waals surface area (Å²) in [5, 5.41) is 0. The van der Waals surface area contributed by atoms with Gasteiger partial charge in [-0.25, -0.2) is 15.0 Å². The normalized spacial score (nSPS) is 17.5. The van der Waals surface area contributed by atoms with E-state index in [4.69, 9.17) is 15.0 Å². The standard InChI is InChI=1S/C25H35N5O/c1-7-11-21-24(20(9-3)26-18(5)27-21)30(14-8-2)25-28-22-15-17(4)12-10-13-19(16-31)23(22)29(25)6/h10,12-13,16,19H,7-9,11,14-15H2,1-6H3/b13-10?,17-12-. The molecule has 0 spiro atoms. The third-order valence-corrected chi connectivity index (χ3v) is 5.72. The van der Waals surface area contributed by atoms with Crippen LogP contribution in [0.25, 0.3) is 0 Å². The van der Waals surface area contributed by atoms with Crippen molar-refractivity contribution in [3.8, 4) is 0 Å². The van der Waals surface area contributed by atoms with Gasteiger partial charge in [-0.1, -0.05) is 51.0 Å². The molecular formula is C25H35N5O. The van der Waals surface area contributed by atoms with Crippen molar-refractivity contribution in [2.24, 2.45) is 7.05 Å². The van der Waals surface area contributed by atoms with Gasteiger partial charge in [-0.3, -0.25) is 0 Å². The molecule has 0 saturated carbocycles. The zero-order valence-corrected chi connectivity index (χ0v) is 19.8. The molecule has 1 aliphatic rings. The summed E-state index contributed by atoms with van der Waals surface area (Å²) in [6, 6.07) is 0. The molecule has 0 amide bonds. The van der Waals surface area contributed by atoms with Crippen LogP contribution in [0.2, 0.25) is 0 Å². The molecule has 0 radical (unpaired) electrons. The Morgan fingerprint density at radius 2 is 1.87 bits per heavy atom. The minimum atomic E-state index is -0.302. The molecule has 0 fully saturated rings. The quantitative estimate of drug-likeness (QED) is 0.566. The maximum absolute atomic E-state index is 11.9. The van der Waals surface area contributed by atoms with E-state index in [1.54, 1.807) is 0 Å². The second-order valence-electron chi connectivity index (χ2n) is 8.31. The third-order valence-electron chi connectivity index (χ3n) is 5.72. The number of carbonyl (C=O) groups excluding carboxylic acids is 1. The first kappa shape index (κ1) is 22.9. The molecule has 6 heteroatoms. The van der Waals surface area contributed by atoms with E-state index in [0.29, 0.717) is 0 Å². The van der Waals surface area contributed by atoms with Crippen LogP contribution in [0.4, 0.5) is 11.6 Å². The summed E-state index contributed by atoms with van der Waals surface area (Å²) in [6.45, 7) is 11.4. The predicted octanol–water partition coefficient (Wildman–Crippen LogP) is 4.92. The molecule has 0 aromatic carbocycles. The fourth-order valence-electron chi connectivity index (χ4n) is 4.40. The van der Waals surface area contributed by atoms with Crippen molar-refractivity contribution in [1.29, 1.82) is 0 Å². The van der Waals surface area contributed by atoms with E-state index >= 15 is 0 Å². The van der Waals surface area contributed by atoms with Gasteiger partial charge in [-0.2, -0.15) is 0 Å². The first-order chi connectivity index (χ1) is 14.9. The van der Waals surface area contributed by atoms with Crippen LogP contribution in [0, 0.1) is 6.92 Å². The highest BCUT2D eigenvalue weighted by Crippen LogP contribution is 2.35. The largest absolute Gasteiger partial charge is 0.316 e. The monoisotopic (exact) mass is 421 g/mol. The molecule has 6 nitrogen and oxygen atoms in total. The molecule has 0 N–H and O–H groups in total. The lowest BCUT2D eigenvalue weighted by molar-refractivity contribution is -0.108. The van der Waals surface area contributed by atoms with Crippen molar-refractivity contribution >= 4 is 17.9 Å². The number of imidazole rings is 1. The zero-order valence-electron chi connectivity index (χ0n) is 19.8. The van der Waals surface area contributed by atoms with E-state index in [2.05, 4.69) is 43.2 Å². The Hall–Kier alpha value is -2.76. The van der Waals surface area contributed by atoms with E-state index in [1.807, 2.05) is 26.1 Å². The second kappa shape index (κ2) is 10.0. The van der Waals surface area contributed by atoms with Gasteiger partial charge < -0.3 is 14.3 Å². The molecule has 1 unspecified atom stereocenters. The van der Waals surface area contributed by atoms with Gasteiger partial charge in [0.05, 0.1) is 34.4 Å². The van der Waals surface area contributed by atoms with Crippen LogP contribution in [0.1, 0.15) is 75.1 Å². The number of aromatic nitrogens is 4. The number of nitrogens with zero attached hydrogens (tertiary/aromatic N) is 5. The molecular weight excluding hydrogens is 386 g/mol. The molecule has 1 aliphatic carbocycles. The van der Waals surface area contributed by atoms with Crippen LogP contribution in [0.3, 0.4) is 0 Å². The van der Waals surface area contributed by atoms with Gasteiger partial charge in [-0.05, 0) is 33.1 Å². The Labute approximate surface area is 186 Å². The van der Waals surface area contributed by atoms with Crippen molar-refractivity contribution < 1.29 is 4.79 Å². The summed E-state index contributed by atoms with van der Waals surface area (Å²) >= 11 is 0. The maximum atomic E-state index is 11.9. The van der Waals surface area contributed by atoms with E-state index < -0.39 is 0 Å². The first-order valence-electron chi connectivity index (χ1n) is 11.4. The smallest absolute Gasteiger partial charge is 0.210 e. The molecule has 3 rings (SSSR count). The van der Waals surface area contributed by atoms with Gasteiger partial charge in [0, 0.05) is 20.0 Å². The Balaban J connectivity index is 2.24. The molecule has 166 valence electrons. The van der Waals surface area contributed by atoms with E-state index in [0.717, 1.165) is 85.2 Å². The average Bonchev–Trinajstić information content (AvgIpc) is 3.03. The van der Waals surface area contributed by atoms with Gasteiger partial charge >= 0.3 is 0 Å². The number of aldehydes is 1. The van der Waals surface area contributed by atoms with Gasteiger partial charge in [0.25, 0.3) is 0 Å². The van der Waals surface area contributed by atoms with Crippen LogP contribution in [-0.2, 0) is 31.1 Å². The highest BCUT2D eigenvalue weighted by atomic mass is 16.1. The molecule has 0 saturated heterocycles. The third kappa shape index (κ3) is 4.63. The van der Waals surface area contributed by atoms with Gasteiger partial charge in [0.15, 0.2) is 0 Å². The van der Waals surface area contributed by atoms with Crippen LogP contribution in [0.15, 0.2) is 23.8 Å². The van der Waals surface area contributed by atoms with Gasteiger partial charge in [0.1, 0.15) is 12.1 Å². The first-order valence-corrected chi connectivity index (χ1v) is 11.4. The lowest BCUT2D eigenvalue weighted by atomic mass is 9.98. The number of anilines is 2. The number of allylic oxidation sites excluding steroid dienone is 4. The summed E-state index contributed by atoms with van der Waals surface area (Å²) in [5.41, 5.74) is 6.40. The highest BCUT2D eigenvalue weighted by Gasteiger charge is 2.28. The molecule has 2 aromatic heterocycles. The maximum Gasteiger partial charge on any atom is 0.210 e. The number of hydrogen-bond acceptors (Lipinski definition) is 5. The number of aryl methyl sites for hydroxylation is 3. The van der Waals surface area contributed by atoms with Crippen LogP contribution in [0.5, 0.6) is 0 Å². The summed E-state index contributed by atoms with van der Waals surface area (Å²) in [7, 11) is 2.02.